The second kappa shape index (κ2) is 8.18. The van der Waals surface area contributed by atoms with Gasteiger partial charge in [-0.1, -0.05) is 50.1 Å². The predicted octanol–water partition coefficient (Wildman–Crippen LogP) is 5.02. The SMILES string of the molecule is CC/C=C(C)/C=C(/CCCC)c1ccc(S(C)(=O)=O)cc1. The summed E-state index contributed by atoms with van der Waals surface area (Å²) in [5.74, 6) is 0. The van der Waals surface area contributed by atoms with Crippen molar-refractivity contribution < 1.29 is 8.42 Å². The van der Waals surface area contributed by atoms with Gasteiger partial charge >= 0.3 is 0 Å². The van der Waals surface area contributed by atoms with E-state index in [4.69, 9.17) is 0 Å². The number of benzene rings is 1. The highest BCUT2D eigenvalue weighted by molar-refractivity contribution is 7.90. The minimum absolute atomic E-state index is 0.377. The van der Waals surface area contributed by atoms with Gasteiger partial charge in [-0.15, -0.1) is 0 Å². The number of unbranched alkanes of at least 4 members (excludes halogenated alkanes) is 1. The lowest BCUT2D eigenvalue weighted by molar-refractivity contribution is 0.602. The van der Waals surface area contributed by atoms with E-state index in [1.165, 1.54) is 17.4 Å². The Morgan fingerprint density at radius 2 is 1.76 bits per heavy atom. The van der Waals surface area contributed by atoms with Crippen LogP contribution >= 0.6 is 0 Å². The minimum Gasteiger partial charge on any atom is -0.224 e. The average molecular weight is 306 g/mol. The van der Waals surface area contributed by atoms with Crippen LogP contribution in [0.15, 0.2) is 46.9 Å². The molecule has 1 rings (SSSR count). The van der Waals surface area contributed by atoms with E-state index in [0.717, 1.165) is 31.2 Å². The summed E-state index contributed by atoms with van der Waals surface area (Å²) >= 11 is 0. The monoisotopic (exact) mass is 306 g/mol. The van der Waals surface area contributed by atoms with Crippen LogP contribution in [0.25, 0.3) is 5.57 Å². The van der Waals surface area contributed by atoms with Crippen LogP contribution in [0.4, 0.5) is 0 Å². The van der Waals surface area contributed by atoms with E-state index in [9.17, 15) is 8.42 Å². The van der Waals surface area contributed by atoms with E-state index in [1.54, 1.807) is 12.1 Å². The van der Waals surface area contributed by atoms with Gasteiger partial charge in [0.25, 0.3) is 0 Å². The maximum atomic E-state index is 11.5. The number of hydrogen-bond donors (Lipinski definition) is 0. The molecule has 0 N–H and O–H groups in total. The molecule has 0 aromatic heterocycles. The Balaban J connectivity index is 3.12. The molecule has 0 aliphatic rings. The van der Waals surface area contributed by atoms with Crippen LogP contribution in [0, 0.1) is 0 Å². The van der Waals surface area contributed by atoms with E-state index in [0.29, 0.717) is 4.90 Å². The molecule has 0 aliphatic carbocycles. The molecule has 0 amide bonds. The van der Waals surface area contributed by atoms with Gasteiger partial charge in [0, 0.05) is 6.26 Å². The Morgan fingerprint density at radius 1 is 1.14 bits per heavy atom. The summed E-state index contributed by atoms with van der Waals surface area (Å²) in [5, 5.41) is 0. The molecular weight excluding hydrogens is 280 g/mol. The van der Waals surface area contributed by atoms with Crippen molar-refractivity contribution in [2.45, 2.75) is 51.3 Å². The van der Waals surface area contributed by atoms with Gasteiger partial charge in [0.05, 0.1) is 4.90 Å². The largest absolute Gasteiger partial charge is 0.224 e. The van der Waals surface area contributed by atoms with Crippen LogP contribution in [-0.2, 0) is 9.84 Å². The van der Waals surface area contributed by atoms with Crippen molar-refractivity contribution >= 4 is 15.4 Å². The second-order valence-electron chi connectivity index (χ2n) is 5.43. The molecule has 0 radical (unpaired) electrons. The van der Waals surface area contributed by atoms with Crippen molar-refractivity contribution in [2.24, 2.45) is 0 Å². The summed E-state index contributed by atoms with van der Waals surface area (Å²) in [6, 6.07) is 7.22. The van der Waals surface area contributed by atoms with Crippen molar-refractivity contribution in [2.75, 3.05) is 6.26 Å². The van der Waals surface area contributed by atoms with E-state index >= 15 is 0 Å². The maximum absolute atomic E-state index is 11.5. The molecule has 3 heteroatoms. The lowest BCUT2D eigenvalue weighted by atomic mass is 9.98. The molecule has 1 aromatic carbocycles. The van der Waals surface area contributed by atoms with Crippen LogP contribution in [0.3, 0.4) is 0 Å². The molecule has 2 nitrogen and oxygen atoms in total. The Bertz CT molecular complexity index is 605. The van der Waals surface area contributed by atoms with Crippen molar-refractivity contribution in [1.29, 1.82) is 0 Å². The zero-order chi connectivity index (χ0) is 15.9. The van der Waals surface area contributed by atoms with Crippen molar-refractivity contribution in [1.82, 2.24) is 0 Å². The van der Waals surface area contributed by atoms with Gasteiger partial charge in [0.1, 0.15) is 0 Å². The van der Waals surface area contributed by atoms with Crippen LogP contribution in [0.1, 0.15) is 52.0 Å². The first-order valence-corrected chi connectivity index (χ1v) is 9.45. The average Bonchev–Trinajstić information content (AvgIpc) is 2.43. The number of sulfone groups is 1. The summed E-state index contributed by atoms with van der Waals surface area (Å²) < 4.78 is 23.1. The van der Waals surface area contributed by atoms with E-state index in [2.05, 4.69) is 32.9 Å². The molecular formula is C18H26O2S. The Kier molecular flexibility index (Phi) is 6.90. The molecule has 0 bridgehead atoms. The number of hydrogen-bond acceptors (Lipinski definition) is 2. The molecule has 0 fully saturated rings. The molecule has 0 unspecified atom stereocenters. The standard InChI is InChI=1S/C18H26O2S/c1-5-7-9-17(14-15(3)8-6-2)16-10-12-18(13-11-16)21(4,19)20/h8,10-14H,5-7,9H2,1-4H3/b15-8+,17-14-. The highest BCUT2D eigenvalue weighted by Crippen LogP contribution is 2.24. The number of rotatable bonds is 7. The third-order valence-corrected chi connectivity index (χ3v) is 4.51. The van der Waals surface area contributed by atoms with Gasteiger partial charge in [0.2, 0.25) is 0 Å². The van der Waals surface area contributed by atoms with Gasteiger partial charge in [-0.2, -0.15) is 0 Å². The first kappa shape index (κ1) is 17.7. The first-order valence-electron chi connectivity index (χ1n) is 7.56. The smallest absolute Gasteiger partial charge is 0.175 e. The molecule has 0 spiro atoms. The Morgan fingerprint density at radius 3 is 2.24 bits per heavy atom. The molecule has 1 aromatic rings. The third kappa shape index (κ3) is 5.88. The normalized spacial score (nSPS) is 13.5. The first-order chi connectivity index (χ1) is 9.88. The Labute approximate surface area is 129 Å². The highest BCUT2D eigenvalue weighted by Gasteiger charge is 2.08. The molecule has 21 heavy (non-hydrogen) atoms. The summed E-state index contributed by atoms with van der Waals surface area (Å²) in [4.78, 5) is 0.377. The quantitative estimate of drug-likeness (QED) is 0.663. The van der Waals surface area contributed by atoms with Crippen LogP contribution < -0.4 is 0 Å². The minimum atomic E-state index is -3.12. The van der Waals surface area contributed by atoms with Crippen molar-refractivity contribution in [3.8, 4) is 0 Å². The molecule has 0 saturated carbocycles. The number of allylic oxidation sites excluding steroid dienone is 4. The summed E-state index contributed by atoms with van der Waals surface area (Å²) in [5.41, 5.74) is 3.65. The summed E-state index contributed by atoms with van der Waals surface area (Å²) in [7, 11) is -3.12. The second-order valence-corrected chi connectivity index (χ2v) is 7.44. The predicted molar refractivity (Wildman–Crippen MR) is 91.1 cm³/mol. The van der Waals surface area contributed by atoms with Gasteiger partial charge < -0.3 is 0 Å². The maximum Gasteiger partial charge on any atom is 0.175 e. The van der Waals surface area contributed by atoms with Gasteiger partial charge in [0.15, 0.2) is 9.84 Å². The fraction of sp³-hybridized carbons (Fsp3) is 0.444. The summed E-state index contributed by atoms with van der Waals surface area (Å²) in [6.07, 6.45) is 9.99. The van der Waals surface area contributed by atoms with E-state index in [-0.39, 0.29) is 0 Å². The molecule has 0 saturated heterocycles. The highest BCUT2D eigenvalue weighted by atomic mass is 32.2. The van der Waals surface area contributed by atoms with E-state index < -0.39 is 9.84 Å². The molecule has 0 heterocycles. The van der Waals surface area contributed by atoms with Crippen LogP contribution in [-0.4, -0.2) is 14.7 Å². The zero-order valence-electron chi connectivity index (χ0n) is 13.5. The zero-order valence-corrected chi connectivity index (χ0v) is 14.3. The topological polar surface area (TPSA) is 34.1 Å². The lowest BCUT2D eigenvalue weighted by Gasteiger charge is -2.09. The third-order valence-electron chi connectivity index (χ3n) is 3.38. The molecule has 116 valence electrons. The summed E-state index contributed by atoms with van der Waals surface area (Å²) in [6.45, 7) is 6.42. The lowest BCUT2D eigenvalue weighted by Crippen LogP contribution is -1.97. The Hall–Kier alpha value is -1.35. The van der Waals surface area contributed by atoms with Crippen LogP contribution in [0.5, 0.6) is 0 Å². The van der Waals surface area contributed by atoms with Gasteiger partial charge in [-0.3, -0.25) is 0 Å². The van der Waals surface area contributed by atoms with Crippen molar-refractivity contribution in [3.05, 3.63) is 47.6 Å². The fourth-order valence-corrected chi connectivity index (χ4v) is 2.87. The van der Waals surface area contributed by atoms with Gasteiger partial charge in [-0.05, 0) is 49.5 Å². The van der Waals surface area contributed by atoms with Crippen LogP contribution in [0.2, 0.25) is 0 Å². The van der Waals surface area contributed by atoms with Crippen molar-refractivity contribution in [3.63, 3.8) is 0 Å². The van der Waals surface area contributed by atoms with Gasteiger partial charge in [-0.25, -0.2) is 8.42 Å². The van der Waals surface area contributed by atoms with E-state index in [1.807, 2.05) is 12.1 Å². The molecule has 0 aliphatic heterocycles. The fourth-order valence-electron chi connectivity index (χ4n) is 2.24. The molecule has 0 atom stereocenters.